The van der Waals surface area contributed by atoms with Gasteiger partial charge in [-0.2, -0.15) is 0 Å². The van der Waals surface area contributed by atoms with Crippen molar-refractivity contribution in [3.8, 4) is 0 Å². The zero-order valence-corrected chi connectivity index (χ0v) is 10.1. The third-order valence-electron chi connectivity index (χ3n) is 1.22. The molecule has 16 heavy (non-hydrogen) atoms. The first-order chi connectivity index (χ1) is 7.86. The van der Waals surface area contributed by atoms with Crippen LogP contribution in [0.15, 0.2) is 59.0 Å². The Hall–Kier alpha value is -1.40. The van der Waals surface area contributed by atoms with Crippen molar-refractivity contribution in [2.45, 2.75) is 5.16 Å². The van der Waals surface area contributed by atoms with Crippen LogP contribution in [0, 0.1) is 0 Å². The lowest BCUT2D eigenvalue weighted by Gasteiger charge is -1.97. The molecule has 6 heteroatoms. The molecule has 0 N–H and O–H groups in total. The van der Waals surface area contributed by atoms with Gasteiger partial charge in [-0.15, -0.1) is 0 Å². The summed E-state index contributed by atoms with van der Waals surface area (Å²) in [5.74, 6) is 0. The minimum atomic E-state index is 0.576. The monoisotopic (exact) mass is 250 g/mol. The Bertz CT molecular complexity index is 401. The van der Waals surface area contributed by atoms with Crippen molar-refractivity contribution in [1.29, 1.82) is 0 Å². The van der Waals surface area contributed by atoms with Crippen molar-refractivity contribution in [2.75, 3.05) is 0 Å². The summed E-state index contributed by atoms with van der Waals surface area (Å²) in [5.41, 5.74) is 0. The molecule has 0 aromatic carbocycles. The zero-order valence-electron chi connectivity index (χ0n) is 8.48. The fourth-order valence-corrected chi connectivity index (χ4v) is 2.22. The smallest absolute Gasteiger partial charge is 0.198 e. The second-order valence-electron chi connectivity index (χ2n) is 2.31. The molecule has 0 radical (unpaired) electrons. The van der Waals surface area contributed by atoms with Crippen LogP contribution in [0.4, 0.5) is 0 Å². The standard InChI is InChI=1S/C10H10N4S2/c1-3-6-12-9(11-4-2)15-16-10-13-7-5-8-14-10/h3-8H,1-2H2/b11-9+,12-6-. The number of hydrogen-bond donors (Lipinski definition) is 0. The Labute approximate surface area is 102 Å². The van der Waals surface area contributed by atoms with E-state index >= 15 is 0 Å². The summed E-state index contributed by atoms with van der Waals surface area (Å²) in [6.45, 7) is 7.06. The quantitative estimate of drug-likeness (QED) is 0.357. The molecule has 0 aliphatic rings. The van der Waals surface area contributed by atoms with Crippen LogP contribution in [0.1, 0.15) is 0 Å². The van der Waals surface area contributed by atoms with Crippen LogP contribution >= 0.6 is 21.6 Å². The van der Waals surface area contributed by atoms with Gasteiger partial charge in [0.25, 0.3) is 0 Å². The van der Waals surface area contributed by atoms with E-state index in [0.717, 1.165) is 0 Å². The predicted octanol–water partition coefficient (Wildman–Crippen LogP) is 2.97. The van der Waals surface area contributed by atoms with Gasteiger partial charge in [0, 0.05) is 24.8 Å². The van der Waals surface area contributed by atoms with E-state index in [1.807, 2.05) is 0 Å². The van der Waals surface area contributed by atoms with Gasteiger partial charge >= 0.3 is 0 Å². The first-order valence-electron chi connectivity index (χ1n) is 4.32. The molecule has 0 unspecified atom stereocenters. The van der Waals surface area contributed by atoms with Gasteiger partial charge in [-0.1, -0.05) is 19.2 Å². The maximum Gasteiger partial charge on any atom is 0.198 e. The molecular formula is C10H10N4S2. The van der Waals surface area contributed by atoms with E-state index in [9.17, 15) is 0 Å². The molecule has 4 nitrogen and oxygen atoms in total. The van der Waals surface area contributed by atoms with Crippen LogP contribution in [-0.4, -0.2) is 21.4 Å². The number of hydrogen-bond acceptors (Lipinski definition) is 5. The van der Waals surface area contributed by atoms with Crippen molar-refractivity contribution < 1.29 is 0 Å². The molecule has 0 aliphatic heterocycles. The molecule has 1 aromatic rings. The van der Waals surface area contributed by atoms with Crippen LogP contribution in [0.3, 0.4) is 0 Å². The summed E-state index contributed by atoms with van der Waals surface area (Å²) in [4.78, 5) is 16.2. The van der Waals surface area contributed by atoms with E-state index in [1.54, 1.807) is 30.8 Å². The van der Waals surface area contributed by atoms with Crippen LogP contribution in [-0.2, 0) is 0 Å². The zero-order chi connectivity index (χ0) is 11.6. The SMILES string of the molecule is C=C/C=N\C(=N/C=C)SSc1ncccn1. The van der Waals surface area contributed by atoms with Gasteiger partial charge in [0.2, 0.25) is 0 Å². The minimum absolute atomic E-state index is 0.576. The summed E-state index contributed by atoms with van der Waals surface area (Å²) in [6.07, 6.45) is 7.97. The average Bonchev–Trinajstić information content (AvgIpc) is 2.34. The average molecular weight is 250 g/mol. The van der Waals surface area contributed by atoms with Gasteiger partial charge < -0.3 is 0 Å². The van der Waals surface area contributed by atoms with Crippen molar-refractivity contribution in [1.82, 2.24) is 9.97 Å². The first-order valence-corrected chi connectivity index (χ1v) is 6.47. The number of nitrogens with zero attached hydrogens (tertiary/aromatic N) is 4. The van der Waals surface area contributed by atoms with Crippen molar-refractivity contribution in [3.63, 3.8) is 0 Å². The van der Waals surface area contributed by atoms with E-state index in [4.69, 9.17) is 0 Å². The number of amidine groups is 1. The molecule has 0 aliphatic carbocycles. The van der Waals surface area contributed by atoms with Gasteiger partial charge in [-0.3, -0.25) is 0 Å². The van der Waals surface area contributed by atoms with Crippen molar-refractivity contribution >= 4 is 33.0 Å². The Morgan fingerprint density at radius 1 is 1.31 bits per heavy atom. The van der Waals surface area contributed by atoms with E-state index in [-0.39, 0.29) is 0 Å². The van der Waals surface area contributed by atoms with E-state index in [2.05, 4.69) is 33.1 Å². The van der Waals surface area contributed by atoms with Gasteiger partial charge in [0.15, 0.2) is 10.3 Å². The highest BCUT2D eigenvalue weighted by Crippen LogP contribution is 2.29. The maximum atomic E-state index is 4.07. The highest BCUT2D eigenvalue weighted by Gasteiger charge is 2.01. The number of allylic oxidation sites excluding steroid dienone is 1. The summed E-state index contributed by atoms with van der Waals surface area (Å²) in [5, 5.41) is 1.24. The summed E-state index contributed by atoms with van der Waals surface area (Å²) >= 11 is 0. The second kappa shape index (κ2) is 7.84. The highest BCUT2D eigenvalue weighted by molar-refractivity contribution is 8.82. The van der Waals surface area contributed by atoms with Crippen LogP contribution < -0.4 is 0 Å². The van der Waals surface area contributed by atoms with Gasteiger partial charge in [-0.05, 0) is 27.7 Å². The lowest BCUT2D eigenvalue weighted by Crippen LogP contribution is -1.86. The molecule has 1 heterocycles. The molecule has 0 amide bonds. The maximum absolute atomic E-state index is 4.07. The molecule has 0 atom stereocenters. The Balaban J connectivity index is 2.57. The Morgan fingerprint density at radius 2 is 2.06 bits per heavy atom. The number of rotatable bonds is 4. The number of aliphatic imine (C=N–C) groups is 2. The summed E-state index contributed by atoms with van der Waals surface area (Å²) < 4.78 is 0. The van der Waals surface area contributed by atoms with Gasteiger partial charge in [-0.25, -0.2) is 20.0 Å². The van der Waals surface area contributed by atoms with Crippen molar-refractivity contribution in [2.24, 2.45) is 9.98 Å². The fourth-order valence-electron chi connectivity index (χ4n) is 0.674. The molecule has 1 aromatic heterocycles. The topological polar surface area (TPSA) is 50.5 Å². The molecule has 0 spiro atoms. The molecular weight excluding hydrogens is 240 g/mol. The molecule has 1 rings (SSSR count). The van der Waals surface area contributed by atoms with Crippen LogP contribution in [0.2, 0.25) is 0 Å². The molecule has 0 saturated carbocycles. The molecule has 82 valence electrons. The lowest BCUT2D eigenvalue weighted by molar-refractivity contribution is 0.973. The van der Waals surface area contributed by atoms with E-state index in [1.165, 1.54) is 27.8 Å². The Kier molecular flexibility index (Phi) is 6.20. The van der Waals surface area contributed by atoms with Crippen molar-refractivity contribution in [3.05, 3.63) is 43.9 Å². The highest BCUT2D eigenvalue weighted by atomic mass is 33.1. The lowest BCUT2D eigenvalue weighted by atomic mass is 10.7. The van der Waals surface area contributed by atoms with Gasteiger partial charge in [0.1, 0.15) is 0 Å². The number of aromatic nitrogens is 2. The minimum Gasteiger partial charge on any atom is -0.231 e. The van der Waals surface area contributed by atoms with Crippen LogP contribution in [0.25, 0.3) is 0 Å². The third kappa shape index (κ3) is 4.90. The first kappa shape index (κ1) is 12.7. The normalized spacial score (nSPS) is 11.6. The Morgan fingerprint density at radius 3 is 2.69 bits per heavy atom. The van der Waals surface area contributed by atoms with Gasteiger partial charge in [0.05, 0.1) is 0 Å². The summed E-state index contributed by atoms with van der Waals surface area (Å²) in [6, 6.07) is 1.77. The molecule has 0 fully saturated rings. The third-order valence-corrected chi connectivity index (χ3v) is 3.17. The summed E-state index contributed by atoms with van der Waals surface area (Å²) in [7, 11) is 2.75. The largest absolute Gasteiger partial charge is 0.231 e. The van der Waals surface area contributed by atoms with E-state index < -0.39 is 0 Å². The predicted molar refractivity (Wildman–Crippen MR) is 71.8 cm³/mol. The molecule has 0 saturated heterocycles. The fraction of sp³-hybridized carbons (Fsp3) is 0. The second-order valence-corrected chi connectivity index (χ2v) is 4.37. The van der Waals surface area contributed by atoms with Crippen LogP contribution in [0.5, 0.6) is 0 Å². The molecule has 0 bridgehead atoms. The van der Waals surface area contributed by atoms with E-state index in [0.29, 0.717) is 10.3 Å².